The predicted octanol–water partition coefficient (Wildman–Crippen LogP) is -0.676. The maximum absolute atomic E-state index is 13.8. The summed E-state index contributed by atoms with van der Waals surface area (Å²) in [7, 11) is -4.09. The molecular weight excluding hydrogens is 323 g/mol. The number of rotatable bonds is 2. The quantitative estimate of drug-likeness (QED) is 0.699. The molecule has 8 nitrogen and oxygen atoms in total. The van der Waals surface area contributed by atoms with Crippen molar-refractivity contribution in [2.75, 3.05) is 5.84 Å². The van der Waals surface area contributed by atoms with Crippen molar-refractivity contribution in [2.45, 2.75) is 23.9 Å². The average molecular weight is 332 g/mol. The summed E-state index contributed by atoms with van der Waals surface area (Å²) >= 11 is 4.30. The van der Waals surface area contributed by atoms with Gasteiger partial charge in [-0.2, -0.15) is 4.68 Å². The summed E-state index contributed by atoms with van der Waals surface area (Å²) in [5, 5.41) is -1.11. The van der Waals surface area contributed by atoms with E-state index in [4.69, 9.17) is 5.84 Å². The lowest BCUT2D eigenvalue weighted by Crippen LogP contribution is -2.44. The first kappa shape index (κ1) is 14.1. The van der Waals surface area contributed by atoms with Crippen LogP contribution >= 0.6 is 0 Å². The summed E-state index contributed by atoms with van der Waals surface area (Å²) in [4.78, 5) is 27.6. The van der Waals surface area contributed by atoms with E-state index in [9.17, 15) is 22.7 Å². The Balaban J connectivity index is 2.55. The highest BCUT2D eigenvalue weighted by Crippen LogP contribution is 2.35. The molecule has 3 rings (SSSR count). The van der Waals surface area contributed by atoms with Crippen LogP contribution in [-0.2, 0) is 20.0 Å². The smallest absolute Gasteiger partial charge is 0.332 e. The second kappa shape index (κ2) is 4.32. The Labute approximate surface area is 121 Å². The molecule has 0 aromatic carbocycles. The van der Waals surface area contributed by atoms with Crippen LogP contribution in [0.4, 0.5) is 4.39 Å². The van der Waals surface area contributed by atoms with Gasteiger partial charge in [-0.05, 0) is 18.9 Å². The molecule has 2 aromatic heterocycles. The molecule has 21 heavy (non-hydrogen) atoms. The summed E-state index contributed by atoms with van der Waals surface area (Å²) in [6.07, 6.45) is 1.34. The van der Waals surface area contributed by atoms with E-state index < -0.39 is 30.9 Å². The molecule has 0 bridgehead atoms. The van der Waals surface area contributed by atoms with Crippen molar-refractivity contribution in [3.63, 3.8) is 0 Å². The van der Waals surface area contributed by atoms with Gasteiger partial charge in [0.15, 0.2) is 25.3 Å². The molecular formula is C10H9FN4O4S2. The van der Waals surface area contributed by atoms with E-state index in [0.717, 1.165) is 10.6 Å². The predicted molar refractivity (Wildman–Crippen MR) is 75.0 cm³/mol. The Morgan fingerprint density at radius 3 is 2.62 bits per heavy atom. The molecule has 1 fully saturated rings. The third-order valence-electron chi connectivity index (χ3n) is 3.17. The van der Waals surface area contributed by atoms with Crippen LogP contribution in [0.15, 0.2) is 20.7 Å². The van der Waals surface area contributed by atoms with Crippen LogP contribution in [0.25, 0.3) is 11.0 Å². The van der Waals surface area contributed by atoms with Crippen molar-refractivity contribution in [1.29, 1.82) is 0 Å². The maximum Gasteiger partial charge on any atom is 0.351 e. The number of aromatic nitrogens is 3. The van der Waals surface area contributed by atoms with Gasteiger partial charge < -0.3 is 10.4 Å². The average Bonchev–Trinajstić information content (AvgIpc) is 3.20. The molecule has 1 aliphatic carbocycles. The number of fused-ring (bicyclic) bond motifs is 1. The molecule has 1 atom stereocenters. The first-order valence-corrected chi connectivity index (χ1v) is 8.26. The van der Waals surface area contributed by atoms with Crippen LogP contribution in [0, 0.1) is 5.82 Å². The number of nitrogens with two attached hydrogens (primary N) is 1. The van der Waals surface area contributed by atoms with E-state index in [0.29, 0.717) is 17.5 Å². The van der Waals surface area contributed by atoms with E-state index >= 15 is 0 Å². The van der Waals surface area contributed by atoms with Gasteiger partial charge in [-0.25, -0.2) is 18.4 Å². The van der Waals surface area contributed by atoms with Gasteiger partial charge in [0.25, 0.3) is 5.56 Å². The van der Waals surface area contributed by atoms with E-state index in [1.165, 1.54) is 0 Å². The molecule has 3 N–H and O–H groups in total. The van der Waals surface area contributed by atoms with Crippen LogP contribution < -0.4 is 17.1 Å². The Hall–Kier alpha value is -1.85. The van der Waals surface area contributed by atoms with Crippen molar-refractivity contribution >= 4 is 31.0 Å². The summed E-state index contributed by atoms with van der Waals surface area (Å²) in [6.45, 7) is 0. The zero-order chi connectivity index (χ0) is 15.5. The SMILES string of the molecule is Nn1c(=O)c2cc(F)c(S(=O)(O)=S)nc2n(C2CC2)c1=O. The van der Waals surface area contributed by atoms with E-state index in [1.807, 2.05) is 0 Å². The topological polar surface area (TPSA) is 120 Å². The van der Waals surface area contributed by atoms with Crippen molar-refractivity contribution < 1.29 is 13.2 Å². The summed E-state index contributed by atoms with van der Waals surface area (Å²) < 4.78 is 36.1. The molecule has 0 spiro atoms. The highest BCUT2D eigenvalue weighted by Gasteiger charge is 2.30. The standard InChI is InChI=1S/C10H9FN4O4S2/c11-6-3-5-7(13-8(6)21(18,19)20)14(4-1-2-4)10(17)15(12)9(5)16/h3-4H,1-2,12H2,(H,18,19,20). The van der Waals surface area contributed by atoms with Crippen LogP contribution in [0.5, 0.6) is 0 Å². The van der Waals surface area contributed by atoms with Gasteiger partial charge in [0.05, 0.1) is 5.39 Å². The third-order valence-corrected chi connectivity index (χ3v) is 4.42. The molecule has 0 amide bonds. The molecule has 1 saturated carbocycles. The van der Waals surface area contributed by atoms with Gasteiger partial charge in [0, 0.05) is 17.2 Å². The Bertz CT molecular complexity index is 991. The van der Waals surface area contributed by atoms with Crippen LogP contribution in [0.3, 0.4) is 0 Å². The van der Waals surface area contributed by atoms with Crippen molar-refractivity contribution in [1.82, 2.24) is 14.2 Å². The maximum atomic E-state index is 13.8. The number of hydrogen-bond donors (Lipinski definition) is 2. The zero-order valence-electron chi connectivity index (χ0n) is 10.4. The summed E-state index contributed by atoms with van der Waals surface area (Å²) in [5.41, 5.74) is -1.93. The molecule has 1 aliphatic rings. The lowest BCUT2D eigenvalue weighted by molar-refractivity contribution is 0.530. The fourth-order valence-electron chi connectivity index (χ4n) is 2.07. The Morgan fingerprint density at radius 2 is 2.10 bits per heavy atom. The first-order valence-electron chi connectivity index (χ1n) is 5.82. The number of nitrogens with zero attached hydrogens (tertiary/aromatic N) is 3. The second-order valence-corrected chi connectivity index (χ2v) is 7.37. The molecule has 2 heterocycles. The summed E-state index contributed by atoms with van der Waals surface area (Å²) in [6, 6.07) is 0.505. The largest absolute Gasteiger partial charge is 0.351 e. The van der Waals surface area contributed by atoms with Crippen LogP contribution in [-0.4, -0.2) is 23.0 Å². The molecule has 0 saturated heterocycles. The van der Waals surface area contributed by atoms with Crippen LogP contribution in [0.1, 0.15) is 18.9 Å². The van der Waals surface area contributed by atoms with Crippen molar-refractivity contribution in [2.24, 2.45) is 0 Å². The number of pyridine rings is 1. The number of halogens is 1. The zero-order valence-corrected chi connectivity index (χ0v) is 12.0. The Morgan fingerprint density at radius 1 is 1.48 bits per heavy atom. The molecule has 2 aromatic rings. The number of hydrogen-bond acceptors (Lipinski definition) is 6. The van der Waals surface area contributed by atoms with E-state index in [1.54, 1.807) is 0 Å². The molecule has 0 aliphatic heterocycles. The van der Waals surface area contributed by atoms with Gasteiger partial charge in [-0.15, -0.1) is 0 Å². The molecule has 0 radical (unpaired) electrons. The minimum atomic E-state index is -4.09. The number of nitrogen functional groups attached to an aromatic ring is 1. The molecule has 11 heteroatoms. The normalized spacial score (nSPS) is 17.8. The fraction of sp³-hybridized carbons (Fsp3) is 0.300. The molecule has 112 valence electrons. The first-order chi connectivity index (χ1) is 9.71. The third kappa shape index (κ3) is 2.13. The minimum absolute atomic E-state index is 0.183. The van der Waals surface area contributed by atoms with Crippen LogP contribution in [0.2, 0.25) is 0 Å². The minimum Gasteiger partial charge on any atom is -0.332 e. The van der Waals surface area contributed by atoms with Gasteiger partial charge in [0.2, 0.25) is 0 Å². The van der Waals surface area contributed by atoms with Gasteiger partial charge >= 0.3 is 5.69 Å². The van der Waals surface area contributed by atoms with Crippen molar-refractivity contribution in [3.8, 4) is 0 Å². The highest BCUT2D eigenvalue weighted by atomic mass is 32.8. The highest BCUT2D eigenvalue weighted by molar-refractivity contribution is 8.29. The van der Waals surface area contributed by atoms with Gasteiger partial charge in [0.1, 0.15) is 0 Å². The fourth-order valence-corrected chi connectivity index (χ4v) is 2.93. The lowest BCUT2D eigenvalue weighted by Gasteiger charge is -2.11. The lowest BCUT2D eigenvalue weighted by atomic mass is 10.3. The van der Waals surface area contributed by atoms with Gasteiger partial charge in [-0.1, -0.05) is 0 Å². The van der Waals surface area contributed by atoms with Gasteiger partial charge in [-0.3, -0.25) is 9.36 Å². The second-order valence-electron chi connectivity index (χ2n) is 4.68. The molecule has 1 unspecified atom stereocenters. The monoisotopic (exact) mass is 332 g/mol. The van der Waals surface area contributed by atoms with Crippen molar-refractivity contribution in [3.05, 3.63) is 32.7 Å². The van der Waals surface area contributed by atoms with E-state index in [-0.39, 0.29) is 17.1 Å². The Kier molecular flexibility index (Phi) is 2.90. The van der Waals surface area contributed by atoms with E-state index in [2.05, 4.69) is 16.2 Å². The summed E-state index contributed by atoms with van der Waals surface area (Å²) in [5.74, 6) is 4.19.